The van der Waals surface area contributed by atoms with E-state index in [0.29, 0.717) is 11.6 Å². The molecule has 0 saturated heterocycles. The fourth-order valence-electron chi connectivity index (χ4n) is 3.27. The molecule has 0 spiro atoms. The first kappa shape index (κ1) is 18.5. The minimum Gasteiger partial charge on any atom is -0.478 e. The van der Waals surface area contributed by atoms with Crippen molar-refractivity contribution in [3.63, 3.8) is 0 Å². The monoisotopic (exact) mass is 305 g/mol. The molecule has 22 heavy (non-hydrogen) atoms. The first-order valence-corrected chi connectivity index (χ1v) is 8.48. The summed E-state index contributed by atoms with van der Waals surface area (Å²) in [5.74, 6) is -0.0834. The van der Waals surface area contributed by atoms with Crippen LogP contribution in [0, 0.1) is 12.8 Å². The van der Waals surface area contributed by atoms with Crippen LogP contribution in [-0.4, -0.2) is 11.1 Å². The fourth-order valence-corrected chi connectivity index (χ4v) is 3.27. The van der Waals surface area contributed by atoms with Gasteiger partial charge in [-0.15, -0.1) is 0 Å². The highest BCUT2D eigenvalue weighted by atomic mass is 16.4. The molecule has 3 heteroatoms. The van der Waals surface area contributed by atoms with Crippen LogP contribution in [0.1, 0.15) is 86.3 Å². The third-order valence-electron chi connectivity index (χ3n) is 4.64. The molecule has 0 aliphatic carbocycles. The molecule has 0 radical (unpaired) electrons. The van der Waals surface area contributed by atoms with E-state index in [9.17, 15) is 9.90 Å². The van der Waals surface area contributed by atoms with Gasteiger partial charge in [-0.1, -0.05) is 53.4 Å². The molecule has 0 bridgehead atoms. The second-order valence-electron chi connectivity index (χ2n) is 6.62. The van der Waals surface area contributed by atoms with Crippen LogP contribution in [0.25, 0.3) is 0 Å². The normalized spacial score (nSPS) is 12.6. The molecule has 1 rings (SSSR count). The van der Waals surface area contributed by atoms with Gasteiger partial charge in [0, 0.05) is 5.69 Å². The number of aromatic carboxylic acids is 1. The molecule has 0 aliphatic heterocycles. The van der Waals surface area contributed by atoms with E-state index >= 15 is 0 Å². The Morgan fingerprint density at radius 1 is 1.32 bits per heavy atom. The van der Waals surface area contributed by atoms with Gasteiger partial charge >= 0.3 is 5.97 Å². The van der Waals surface area contributed by atoms with Gasteiger partial charge in [-0.05, 0) is 47.9 Å². The van der Waals surface area contributed by atoms with Crippen molar-refractivity contribution in [1.29, 1.82) is 0 Å². The summed E-state index contributed by atoms with van der Waals surface area (Å²) in [6, 6.07) is 1.80. The average Bonchev–Trinajstić information content (AvgIpc) is 2.44. The molecule has 1 atom stereocenters. The van der Waals surface area contributed by atoms with E-state index in [4.69, 9.17) is 5.73 Å². The third kappa shape index (κ3) is 4.25. The van der Waals surface area contributed by atoms with E-state index in [1.165, 1.54) is 24.8 Å². The minimum absolute atomic E-state index is 0.230. The number of nitrogen functional groups attached to an aromatic ring is 1. The Labute approximate surface area is 134 Å². The fraction of sp³-hybridized carbons (Fsp3) is 0.632. The number of nitrogens with two attached hydrogens (primary N) is 1. The predicted octanol–water partition coefficient (Wildman–Crippen LogP) is 5.16. The van der Waals surface area contributed by atoms with Crippen LogP contribution in [0.3, 0.4) is 0 Å². The van der Waals surface area contributed by atoms with E-state index in [1.807, 2.05) is 0 Å². The number of hydrogen-bond donors (Lipinski definition) is 2. The van der Waals surface area contributed by atoms with E-state index < -0.39 is 5.97 Å². The number of carboxylic acids is 1. The van der Waals surface area contributed by atoms with Crippen molar-refractivity contribution in [3.05, 3.63) is 28.3 Å². The van der Waals surface area contributed by atoms with Gasteiger partial charge in [0.2, 0.25) is 0 Å². The summed E-state index contributed by atoms with van der Waals surface area (Å²) in [5, 5.41) is 9.44. The molecule has 0 amide bonds. The van der Waals surface area contributed by atoms with Crippen LogP contribution in [-0.2, 0) is 6.42 Å². The molecule has 0 saturated carbocycles. The maximum atomic E-state index is 11.5. The molecule has 0 aromatic heterocycles. The number of hydrogen-bond acceptors (Lipinski definition) is 2. The van der Waals surface area contributed by atoms with Crippen LogP contribution >= 0.6 is 0 Å². The Balaban J connectivity index is 3.26. The highest BCUT2D eigenvalue weighted by molar-refractivity contribution is 5.95. The Morgan fingerprint density at radius 2 is 1.95 bits per heavy atom. The third-order valence-corrected chi connectivity index (χ3v) is 4.64. The topological polar surface area (TPSA) is 63.3 Å². The lowest BCUT2D eigenvalue weighted by Crippen LogP contribution is -2.13. The van der Waals surface area contributed by atoms with Gasteiger partial charge in [-0.25, -0.2) is 4.79 Å². The van der Waals surface area contributed by atoms with Crippen LogP contribution in [0.2, 0.25) is 0 Å². The molecule has 0 heterocycles. The van der Waals surface area contributed by atoms with E-state index in [-0.39, 0.29) is 11.5 Å². The van der Waals surface area contributed by atoms with Crippen molar-refractivity contribution in [2.75, 3.05) is 5.73 Å². The number of carboxylic acid groups (broad SMARTS) is 1. The zero-order valence-electron chi connectivity index (χ0n) is 14.7. The standard InChI is InChI=1S/C19H31NO2/c1-6-8-9-14(7-2)10-15-11-16(19(21)22)18(20)17(12(3)4)13(15)5/h11-12,14H,6-10,20H2,1-5H3,(H,21,22). The summed E-state index contributed by atoms with van der Waals surface area (Å²) in [6.45, 7) is 10.7. The van der Waals surface area contributed by atoms with E-state index in [0.717, 1.165) is 24.0 Å². The zero-order chi connectivity index (χ0) is 16.9. The maximum Gasteiger partial charge on any atom is 0.337 e. The Kier molecular flexibility index (Phi) is 6.92. The molecule has 124 valence electrons. The summed E-state index contributed by atoms with van der Waals surface area (Å²) >= 11 is 0. The molecular formula is C19H31NO2. The van der Waals surface area contributed by atoms with E-state index in [2.05, 4.69) is 34.6 Å². The van der Waals surface area contributed by atoms with E-state index in [1.54, 1.807) is 6.07 Å². The van der Waals surface area contributed by atoms with Gasteiger partial charge < -0.3 is 10.8 Å². The average molecular weight is 305 g/mol. The Bertz CT molecular complexity index is 521. The smallest absolute Gasteiger partial charge is 0.337 e. The molecule has 0 aliphatic rings. The maximum absolute atomic E-state index is 11.5. The summed E-state index contributed by atoms with van der Waals surface area (Å²) in [4.78, 5) is 11.5. The summed E-state index contributed by atoms with van der Waals surface area (Å²) in [7, 11) is 0. The molecule has 3 N–H and O–H groups in total. The molecule has 1 unspecified atom stereocenters. The summed E-state index contributed by atoms with van der Waals surface area (Å²) < 4.78 is 0. The first-order valence-electron chi connectivity index (χ1n) is 8.48. The second kappa shape index (κ2) is 8.21. The number of anilines is 1. The first-order chi connectivity index (χ1) is 10.3. The Hall–Kier alpha value is -1.51. The number of unbranched alkanes of at least 4 members (excludes halogenated alkanes) is 1. The number of rotatable bonds is 8. The quantitative estimate of drug-likeness (QED) is 0.652. The van der Waals surface area contributed by atoms with Gasteiger partial charge in [-0.2, -0.15) is 0 Å². The molecule has 3 nitrogen and oxygen atoms in total. The lowest BCUT2D eigenvalue weighted by molar-refractivity contribution is 0.0698. The highest BCUT2D eigenvalue weighted by Gasteiger charge is 2.20. The second-order valence-corrected chi connectivity index (χ2v) is 6.62. The van der Waals surface area contributed by atoms with Crippen molar-refractivity contribution in [2.24, 2.45) is 5.92 Å². The van der Waals surface area contributed by atoms with Crippen molar-refractivity contribution in [2.45, 2.75) is 72.6 Å². The van der Waals surface area contributed by atoms with Gasteiger partial charge in [0.25, 0.3) is 0 Å². The van der Waals surface area contributed by atoms with Crippen molar-refractivity contribution >= 4 is 11.7 Å². The molecule has 1 aromatic carbocycles. The van der Waals surface area contributed by atoms with Crippen molar-refractivity contribution < 1.29 is 9.90 Å². The lowest BCUT2D eigenvalue weighted by Gasteiger charge is -2.22. The lowest BCUT2D eigenvalue weighted by atomic mass is 9.84. The van der Waals surface area contributed by atoms with Gasteiger partial charge in [0.15, 0.2) is 0 Å². The molecule has 0 fully saturated rings. The van der Waals surface area contributed by atoms with Gasteiger partial charge in [-0.3, -0.25) is 0 Å². The predicted molar refractivity (Wildman–Crippen MR) is 93.6 cm³/mol. The number of carbonyl (C=O) groups is 1. The molecule has 1 aromatic rings. The van der Waals surface area contributed by atoms with Crippen LogP contribution < -0.4 is 5.73 Å². The Morgan fingerprint density at radius 3 is 2.41 bits per heavy atom. The van der Waals surface area contributed by atoms with Crippen molar-refractivity contribution in [3.8, 4) is 0 Å². The number of benzene rings is 1. The van der Waals surface area contributed by atoms with Crippen molar-refractivity contribution in [1.82, 2.24) is 0 Å². The largest absolute Gasteiger partial charge is 0.478 e. The SMILES string of the molecule is CCCCC(CC)Cc1cc(C(=O)O)c(N)c(C(C)C)c1C. The van der Waals surface area contributed by atoms with Gasteiger partial charge in [0.05, 0.1) is 5.56 Å². The van der Waals surface area contributed by atoms with Crippen LogP contribution in [0.5, 0.6) is 0 Å². The summed E-state index contributed by atoms with van der Waals surface area (Å²) in [5.41, 5.74) is 10.1. The van der Waals surface area contributed by atoms with Crippen LogP contribution in [0.4, 0.5) is 5.69 Å². The highest BCUT2D eigenvalue weighted by Crippen LogP contribution is 2.33. The van der Waals surface area contributed by atoms with Gasteiger partial charge in [0.1, 0.15) is 0 Å². The zero-order valence-corrected chi connectivity index (χ0v) is 14.7. The van der Waals surface area contributed by atoms with Crippen LogP contribution in [0.15, 0.2) is 6.07 Å². The minimum atomic E-state index is -0.928. The summed E-state index contributed by atoms with van der Waals surface area (Å²) in [6.07, 6.45) is 5.71. The molecular weight excluding hydrogens is 274 g/mol.